The first-order valence-electron chi connectivity index (χ1n) is 8.60. The van der Waals surface area contributed by atoms with E-state index in [0.29, 0.717) is 22.9 Å². The molecular weight excluding hydrogens is 371 g/mol. The zero-order valence-corrected chi connectivity index (χ0v) is 16.0. The molecule has 0 aliphatic rings. The lowest BCUT2D eigenvalue weighted by atomic mass is 10.1. The molecule has 1 atom stereocenters. The van der Waals surface area contributed by atoms with E-state index in [4.69, 9.17) is 16.3 Å². The van der Waals surface area contributed by atoms with Gasteiger partial charge in [-0.3, -0.25) is 9.59 Å². The predicted molar refractivity (Wildman–Crippen MR) is 102 cm³/mol. The van der Waals surface area contributed by atoms with Crippen LogP contribution in [0.2, 0.25) is 5.02 Å². The first-order chi connectivity index (χ1) is 12.9. The van der Waals surface area contributed by atoms with Gasteiger partial charge in [0.2, 0.25) is 5.91 Å². The van der Waals surface area contributed by atoms with E-state index in [1.54, 1.807) is 50.2 Å². The minimum atomic E-state index is -0.703. The van der Waals surface area contributed by atoms with Gasteiger partial charge >= 0.3 is 0 Å². The third kappa shape index (κ3) is 6.25. The lowest BCUT2D eigenvalue weighted by Gasteiger charge is -2.28. The second-order valence-electron chi connectivity index (χ2n) is 5.96. The van der Waals surface area contributed by atoms with Gasteiger partial charge in [-0.25, -0.2) is 4.39 Å². The van der Waals surface area contributed by atoms with Gasteiger partial charge in [-0.1, -0.05) is 29.8 Å². The zero-order valence-electron chi connectivity index (χ0n) is 15.2. The molecule has 0 aliphatic carbocycles. The molecule has 5 nitrogen and oxygen atoms in total. The van der Waals surface area contributed by atoms with E-state index < -0.39 is 6.04 Å². The molecular formula is C20H22ClFN2O3. The fourth-order valence-corrected chi connectivity index (χ4v) is 2.66. The van der Waals surface area contributed by atoms with E-state index in [2.05, 4.69) is 5.32 Å². The topological polar surface area (TPSA) is 58.6 Å². The number of carbonyl (C=O) groups excluding carboxylic acids is 2. The van der Waals surface area contributed by atoms with Gasteiger partial charge in [0, 0.05) is 18.1 Å². The van der Waals surface area contributed by atoms with Crippen LogP contribution in [0.5, 0.6) is 5.75 Å². The summed E-state index contributed by atoms with van der Waals surface area (Å²) < 4.78 is 18.6. The van der Waals surface area contributed by atoms with Gasteiger partial charge in [0.1, 0.15) is 17.6 Å². The average molecular weight is 393 g/mol. The fourth-order valence-electron chi connectivity index (χ4n) is 2.48. The second kappa shape index (κ2) is 9.92. The maximum absolute atomic E-state index is 13.1. The van der Waals surface area contributed by atoms with Crippen LogP contribution < -0.4 is 10.1 Å². The van der Waals surface area contributed by atoms with Crippen molar-refractivity contribution < 1.29 is 18.7 Å². The highest BCUT2D eigenvalue weighted by molar-refractivity contribution is 6.30. The molecule has 27 heavy (non-hydrogen) atoms. The molecule has 2 rings (SSSR count). The average Bonchev–Trinajstić information content (AvgIpc) is 2.65. The van der Waals surface area contributed by atoms with Crippen LogP contribution in [0.3, 0.4) is 0 Å². The van der Waals surface area contributed by atoms with Gasteiger partial charge in [-0.2, -0.15) is 0 Å². The van der Waals surface area contributed by atoms with Crippen LogP contribution in [0.1, 0.15) is 19.4 Å². The van der Waals surface area contributed by atoms with Gasteiger partial charge in [-0.05, 0) is 49.7 Å². The van der Waals surface area contributed by atoms with E-state index in [0.717, 1.165) is 0 Å². The van der Waals surface area contributed by atoms with Gasteiger partial charge in [0.25, 0.3) is 5.91 Å². The smallest absolute Gasteiger partial charge is 0.261 e. The third-order valence-corrected chi connectivity index (χ3v) is 4.18. The number of nitrogens with zero attached hydrogens (tertiary/aromatic N) is 1. The van der Waals surface area contributed by atoms with E-state index in [1.165, 1.54) is 17.0 Å². The summed E-state index contributed by atoms with van der Waals surface area (Å²) in [5.74, 6) is -0.533. The molecule has 144 valence electrons. The maximum Gasteiger partial charge on any atom is 0.261 e. The van der Waals surface area contributed by atoms with Crippen LogP contribution in [-0.2, 0) is 16.1 Å². The van der Waals surface area contributed by atoms with E-state index in [1.807, 2.05) is 0 Å². The molecule has 2 aromatic rings. The Labute approximate surface area is 163 Å². The molecule has 0 bridgehead atoms. The number of rotatable bonds is 8. The molecule has 0 aliphatic heterocycles. The van der Waals surface area contributed by atoms with Gasteiger partial charge in [-0.15, -0.1) is 0 Å². The van der Waals surface area contributed by atoms with E-state index >= 15 is 0 Å². The molecule has 7 heteroatoms. The maximum atomic E-state index is 13.1. The van der Waals surface area contributed by atoms with Gasteiger partial charge < -0.3 is 15.0 Å². The van der Waals surface area contributed by atoms with Crippen LogP contribution in [0.4, 0.5) is 4.39 Å². The number of likely N-dealkylation sites (N-methyl/N-ethyl adjacent to an activating group) is 1. The summed E-state index contributed by atoms with van der Waals surface area (Å²) >= 11 is 5.91. The van der Waals surface area contributed by atoms with Crippen LogP contribution in [0.15, 0.2) is 48.5 Å². The zero-order chi connectivity index (χ0) is 19.8. The van der Waals surface area contributed by atoms with Crippen molar-refractivity contribution in [2.24, 2.45) is 0 Å². The number of benzene rings is 2. The van der Waals surface area contributed by atoms with Crippen LogP contribution >= 0.6 is 11.6 Å². The second-order valence-corrected chi connectivity index (χ2v) is 6.40. The summed E-state index contributed by atoms with van der Waals surface area (Å²) in [4.78, 5) is 26.4. The normalized spacial score (nSPS) is 11.6. The highest BCUT2D eigenvalue weighted by Gasteiger charge is 2.26. The van der Waals surface area contributed by atoms with Crippen molar-refractivity contribution in [3.8, 4) is 5.75 Å². The number of nitrogens with one attached hydrogen (secondary N) is 1. The number of hydrogen-bond donors (Lipinski definition) is 1. The molecule has 0 aromatic heterocycles. The first-order valence-corrected chi connectivity index (χ1v) is 8.98. The third-order valence-electron chi connectivity index (χ3n) is 3.94. The van der Waals surface area contributed by atoms with Gasteiger partial charge in [0.05, 0.1) is 0 Å². The van der Waals surface area contributed by atoms with Crippen molar-refractivity contribution in [1.82, 2.24) is 10.2 Å². The highest BCUT2D eigenvalue weighted by atomic mass is 35.5. The predicted octanol–water partition coefficient (Wildman–Crippen LogP) is 3.41. The Kier molecular flexibility index (Phi) is 7.61. The molecule has 1 N–H and O–H groups in total. The van der Waals surface area contributed by atoms with E-state index in [-0.39, 0.29) is 30.8 Å². The Morgan fingerprint density at radius 1 is 1.22 bits per heavy atom. The highest BCUT2D eigenvalue weighted by Crippen LogP contribution is 2.18. The molecule has 0 heterocycles. The quantitative estimate of drug-likeness (QED) is 0.749. The number of ether oxygens (including phenoxy) is 1. The Balaban J connectivity index is 2.12. The molecule has 0 spiro atoms. The molecule has 0 radical (unpaired) electrons. The number of amides is 2. The van der Waals surface area contributed by atoms with Crippen LogP contribution in [0, 0.1) is 5.82 Å². The lowest BCUT2D eigenvalue weighted by Crippen LogP contribution is -2.49. The van der Waals surface area contributed by atoms with Crippen molar-refractivity contribution in [1.29, 1.82) is 0 Å². The molecule has 2 aromatic carbocycles. The molecule has 0 saturated heterocycles. The summed E-state index contributed by atoms with van der Waals surface area (Å²) in [5.41, 5.74) is 0.712. The minimum absolute atomic E-state index is 0.163. The monoisotopic (exact) mass is 392 g/mol. The molecule has 0 fully saturated rings. The molecule has 2 amide bonds. The Morgan fingerprint density at radius 2 is 1.93 bits per heavy atom. The van der Waals surface area contributed by atoms with Crippen LogP contribution in [0.25, 0.3) is 0 Å². The van der Waals surface area contributed by atoms with Crippen molar-refractivity contribution in [3.63, 3.8) is 0 Å². The lowest BCUT2D eigenvalue weighted by molar-refractivity contribution is -0.142. The summed E-state index contributed by atoms with van der Waals surface area (Å²) in [6, 6.07) is 11.8. The van der Waals surface area contributed by atoms with Crippen molar-refractivity contribution in [3.05, 3.63) is 64.9 Å². The number of halogens is 2. The number of carbonyl (C=O) groups is 2. The SMILES string of the molecule is CCNC(=O)[C@@H](C)N(Cc1ccc(F)cc1)C(=O)COc1cccc(Cl)c1. The standard InChI is InChI=1S/C20H22ClFN2O3/c1-3-23-20(26)14(2)24(12-15-7-9-17(22)10-8-15)19(25)13-27-18-6-4-5-16(21)11-18/h4-11,14H,3,12-13H2,1-2H3,(H,23,26)/t14-/m1/s1. The van der Waals surface area contributed by atoms with Crippen molar-refractivity contribution >= 4 is 23.4 Å². The van der Waals surface area contributed by atoms with Gasteiger partial charge in [0.15, 0.2) is 6.61 Å². The fraction of sp³-hybridized carbons (Fsp3) is 0.300. The summed E-state index contributed by atoms with van der Waals surface area (Å²) in [6.45, 7) is 3.83. The summed E-state index contributed by atoms with van der Waals surface area (Å²) in [6.07, 6.45) is 0. The summed E-state index contributed by atoms with van der Waals surface area (Å²) in [7, 11) is 0. The Hall–Kier alpha value is -2.60. The van der Waals surface area contributed by atoms with Crippen molar-refractivity contribution in [2.45, 2.75) is 26.4 Å². The molecule has 0 saturated carbocycles. The number of hydrogen-bond acceptors (Lipinski definition) is 3. The largest absolute Gasteiger partial charge is 0.484 e. The minimum Gasteiger partial charge on any atom is -0.484 e. The van der Waals surface area contributed by atoms with Crippen LogP contribution in [-0.4, -0.2) is 35.9 Å². The Morgan fingerprint density at radius 3 is 2.56 bits per heavy atom. The van der Waals surface area contributed by atoms with E-state index in [9.17, 15) is 14.0 Å². The first kappa shape index (κ1) is 20.7. The summed E-state index contributed by atoms with van der Waals surface area (Å²) in [5, 5.41) is 3.20. The Bertz CT molecular complexity index is 783. The van der Waals surface area contributed by atoms with Crippen molar-refractivity contribution in [2.75, 3.05) is 13.2 Å². The molecule has 0 unspecified atom stereocenters.